The highest BCUT2D eigenvalue weighted by Crippen LogP contribution is 2.47. The number of fused-ring (bicyclic) bond motifs is 3. The van der Waals surface area contributed by atoms with Crippen molar-refractivity contribution in [2.24, 2.45) is 0 Å². The molecular formula is C23H23NO6S2. The number of thiophene rings is 1. The highest BCUT2D eigenvalue weighted by molar-refractivity contribution is 7.92. The summed E-state index contributed by atoms with van der Waals surface area (Å²) >= 11 is 1.27. The monoisotopic (exact) mass is 473 g/mol. The summed E-state index contributed by atoms with van der Waals surface area (Å²) in [4.78, 5) is 13.6. The summed E-state index contributed by atoms with van der Waals surface area (Å²) in [6, 6.07) is 12.0. The number of hydrogen-bond donors (Lipinski definition) is 0. The number of carbonyl (C=O) groups excluding carboxylic acids is 1. The van der Waals surface area contributed by atoms with Crippen LogP contribution in [0.1, 0.15) is 20.8 Å². The van der Waals surface area contributed by atoms with Crippen molar-refractivity contribution < 1.29 is 27.4 Å². The van der Waals surface area contributed by atoms with Crippen LogP contribution in [0.5, 0.6) is 11.5 Å². The van der Waals surface area contributed by atoms with Crippen LogP contribution in [0.2, 0.25) is 0 Å². The van der Waals surface area contributed by atoms with Crippen LogP contribution < -0.4 is 13.8 Å². The molecule has 1 aliphatic rings. The van der Waals surface area contributed by atoms with E-state index in [0.29, 0.717) is 34.0 Å². The van der Waals surface area contributed by atoms with Crippen LogP contribution in [0.4, 0.5) is 5.69 Å². The van der Waals surface area contributed by atoms with Gasteiger partial charge < -0.3 is 14.2 Å². The van der Waals surface area contributed by atoms with E-state index in [0.717, 1.165) is 16.0 Å². The number of nitrogens with zero attached hydrogens (tertiary/aromatic N) is 1. The molecule has 0 amide bonds. The van der Waals surface area contributed by atoms with Gasteiger partial charge in [0.05, 0.1) is 31.9 Å². The maximum atomic E-state index is 13.6. The van der Waals surface area contributed by atoms with Crippen molar-refractivity contribution in [3.05, 3.63) is 58.5 Å². The lowest BCUT2D eigenvalue weighted by Crippen LogP contribution is -2.32. The largest absolute Gasteiger partial charge is 0.493 e. The summed E-state index contributed by atoms with van der Waals surface area (Å²) in [5.41, 5.74) is 2.99. The number of aryl methyl sites for hydroxylation is 1. The van der Waals surface area contributed by atoms with Gasteiger partial charge in [0, 0.05) is 23.1 Å². The Morgan fingerprint density at radius 2 is 1.66 bits per heavy atom. The molecule has 1 aromatic heterocycles. The normalized spacial score (nSPS) is 13.1. The number of hydrogen-bond acceptors (Lipinski definition) is 7. The highest BCUT2D eigenvalue weighted by atomic mass is 32.2. The van der Waals surface area contributed by atoms with Crippen LogP contribution in [-0.2, 0) is 21.2 Å². The number of rotatable bonds is 5. The Morgan fingerprint density at radius 3 is 2.28 bits per heavy atom. The lowest BCUT2D eigenvalue weighted by atomic mass is 10.1. The molecule has 7 nitrogen and oxygen atoms in total. The Balaban J connectivity index is 1.94. The van der Waals surface area contributed by atoms with E-state index in [1.807, 2.05) is 6.92 Å². The smallest absolute Gasteiger partial charge is 0.348 e. The lowest BCUT2D eigenvalue weighted by Gasteiger charge is -2.25. The number of methoxy groups -OCH3 is 3. The quantitative estimate of drug-likeness (QED) is 0.515. The number of sulfonamides is 1. The minimum Gasteiger partial charge on any atom is -0.493 e. The molecule has 0 unspecified atom stereocenters. The summed E-state index contributed by atoms with van der Waals surface area (Å²) in [5, 5.41) is 0. The van der Waals surface area contributed by atoms with Gasteiger partial charge in [0.2, 0.25) is 0 Å². The van der Waals surface area contributed by atoms with Gasteiger partial charge in [-0.1, -0.05) is 17.7 Å². The van der Waals surface area contributed by atoms with Crippen LogP contribution in [0.3, 0.4) is 0 Å². The molecule has 32 heavy (non-hydrogen) atoms. The van der Waals surface area contributed by atoms with Gasteiger partial charge in [0.15, 0.2) is 11.5 Å². The van der Waals surface area contributed by atoms with Crippen molar-refractivity contribution in [1.29, 1.82) is 0 Å². The first kappa shape index (κ1) is 22.2. The zero-order chi connectivity index (χ0) is 23.0. The van der Waals surface area contributed by atoms with Crippen molar-refractivity contribution in [3.63, 3.8) is 0 Å². The zero-order valence-corrected chi connectivity index (χ0v) is 19.8. The first-order valence-corrected chi connectivity index (χ1v) is 12.1. The van der Waals surface area contributed by atoms with E-state index in [2.05, 4.69) is 0 Å². The Hall–Kier alpha value is -3.04. The summed E-state index contributed by atoms with van der Waals surface area (Å²) in [7, 11) is 0.532. The van der Waals surface area contributed by atoms with Crippen molar-refractivity contribution in [2.75, 3.05) is 32.2 Å². The average Bonchev–Trinajstić information content (AvgIpc) is 3.16. The third-order valence-electron chi connectivity index (χ3n) is 5.40. The van der Waals surface area contributed by atoms with Gasteiger partial charge >= 0.3 is 5.97 Å². The van der Waals surface area contributed by atoms with Gasteiger partial charge in [-0.3, -0.25) is 4.31 Å². The topological polar surface area (TPSA) is 82.1 Å². The van der Waals surface area contributed by atoms with Crippen LogP contribution in [0, 0.1) is 6.92 Å². The number of benzene rings is 2. The minimum atomic E-state index is -3.84. The molecular weight excluding hydrogens is 450 g/mol. The molecule has 0 atom stereocenters. The van der Waals surface area contributed by atoms with E-state index < -0.39 is 16.0 Å². The van der Waals surface area contributed by atoms with E-state index >= 15 is 0 Å². The highest BCUT2D eigenvalue weighted by Gasteiger charge is 2.33. The maximum absolute atomic E-state index is 13.6. The third-order valence-corrected chi connectivity index (χ3v) is 8.42. The predicted molar refractivity (Wildman–Crippen MR) is 124 cm³/mol. The second kappa shape index (κ2) is 8.48. The fourth-order valence-corrected chi connectivity index (χ4v) is 6.36. The van der Waals surface area contributed by atoms with Crippen LogP contribution >= 0.6 is 11.3 Å². The molecule has 0 bridgehead atoms. The Kier molecular flexibility index (Phi) is 5.87. The molecule has 3 aromatic rings. The molecule has 0 saturated heterocycles. The van der Waals surface area contributed by atoms with Gasteiger partial charge in [-0.15, -0.1) is 11.3 Å². The molecule has 0 spiro atoms. The van der Waals surface area contributed by atoms with Crippen LogP contribution in [-0.4, -0.2) is 42.3 Å². The molecule has 4 rings (SSSR count). The van der Waals surface area contributed by atoms with E-state index in [9.17, 15) is 13.2 Å². The summed E-state index contributed by atoms with van der Waals surface area (Å²) < 4.78 is 44.5. The molecule has 9 heteroatoms. The number of esters is 1. The fraction of sp³-hybridized carbons (Fsp3) is 0.261. The van der Waals surface area contributed by atoms with Gasteiger partial charge in [0.25, 0.3) is 10.0 Å². The van der Waals surface area contributed by atoms with Crippen molar-refractivity contribution >= 4 is 33.0 Å². The van der Waals surface area contributed by atoms with Crippen molar-refractivity contribution in [1.82, 2.24) is 0 Å². The molecule has 0 radical (unpaired) electrons. The first-order chi connectivity index (χ1) is 15.3. The van der Waals surface area contributed by atoms with Gasteiger partial charge in [-0.25, -0.2) is 13.2 Å². The summed E-state index contributed by atoms with van der Waals surface area (Å²) in [5.74, 6) is 0.470. The number of carbonyl (C=O) groups is 1. The van der Waals surface area contributed by atoms with Crippen LogP contribution in [0.25, 0.3) is 10.4 Å². The second-order valence-electron chi connectivity index (χ2n) is 7.32. The fourth-order valence-electron chi connectivity index (χ4n) is 3.73. The molecule has 168 valence electrons. The van der Waals surface area contributed by atoms with E-state index in [1.165, 1.54) is 37.0 Å². The minimum absolute atomic E-state index is 0.211. The first-order valence-electron chi connectivity index (χ1n) is 9.87. The maximum Gasteiger partial charge on any atom is 0.348 e. The van der Waals surface area contributed by atoms with Gasteiger partial charge in [-0.2, -0.15) is 0 Å². The molecule has 0 aliphatic carbocycles. The Bertz CT molecular complexity index is 1280. The number of anilines is 1. The second-order valence-corrected chi connectivity index (χ2v) is 10.2. The molecule has 2 heterocycles. The standard InChI is InChI=1S/C23H23NO6S2/c1-14-5-7-16(8-6-14)32(26,27)24-10-9-15-11-21(23(25)30-4)31-22(15)17-12-19(28-2)20(29-3)13-18(17)24/h5-8,11-13H,9-10H2,1-4H3. The summed E-state index contributed by atoms with van der Waals surface area (Å²) in [6.07, 6.45) is 0.438. The van der Waals surface area contributed by atoms with E-state index in [4.69, 9.17) is 14.2 Å². The van der Waals surface area contributed by atoms with E-state index in [-0.39, 0.29) is 11.4 Å². The molecule has 2 aromatic carbocycles. The van der Waals surface area contributed by atoms with Gasteiger partial charge in [0.1, 0.15) is 4.88 Å². The molecule has 0 N–H and O–H groups in total. The van der Waals surface area contributed by atoms with Gasteiger partial charge in [-0.05, 0) is 43.2 Å². The van der Waals surface area contributed by atoms with Crippen molar-refractivity contribution in [3.8, 4) is 21.9 Å². The predicted octanol–water partition coefficient (Wildman–Crippen LogP) is 4.28. The zero-order valence-electron chi connectivity index (χ0n) is 18.2. The SMILES string of the molecule is COC(=O)c1cc2c(s1)-c1cc(OC)c(OC)cc1N(S(=O)(=O)c1ccc(C)cc1)CC2. The molecule has 1 aliphatic heterocycles. The summed E-state index contributed by atoms with van der Waals surface area (Å²) in [6.45, 7) is 2.12. The molecule has 0 saturated carbocycles. The van der Waals surface area contributed by atoms with E-state index in [1.54, 1.807) is 42.5 Å². The molecule has 0 fully saturated rings. The third kappa shape index (κ3) is 3.71. The number of ether oxygens (including phenoxy) is 3. The Labute approximate surface area is 191 Å². The average molecular weight is 474 g/mol. The van der Waals surface area contributed by atoms with Crippen LogP contribution in [0.15, 0.2) is 47.4 Å². The lowest BCUT2D eigenvalue weighted by molar-refractivity contribution is 0.0606. The Morgan fingerprint density at radius 1 is 1.00 bits per heavy atom. The van der Waals surface area contributed by atoms with Crippen molar-refractivity contribution in [2.45, 2.75) is 18.2 Å².